The summed E-state index contributed by atoms with van der Waals surface area (Å²) in [6.45, 7) is 4.55. The lowest BCUT2D eigenvalue weighted by molar-refractivity contribution is -0.145. The second kappa shape index (κ2) is 12.2. The van der Waals surface area contributed by atoms with E-state index in [1.54, 1.807) is 0 Å². The van der Waals surface area contributed by atoms with Gasteiger partial charge in [0.05, 0.1) is 39.6 Å². The summed E-state index contributed by atoms with van der Waals surface area (Å²) in [7, 11) is 0. The summed E-state index contributed by atoms with van der Waals surface area (Å²) in [6.07, 6.45) is 2.71. The molecule has 25 heavy (non-hydrogen) atoms. The number of hydrogen-bond acceptors (Lipinski definition) is 8. The van der Waals surface area contributed by atoms with E-state index < -0.39 is 0 Å². The first kappa shape index (κ1) is 20.1. The van der Waals surface area contributed by atoms with Crippen LogP contribution in [0, 0.1) is 0 Å². The fourth-order valence-electron chi connectivity index (χ4n) is 1.97. The van der Waals surface area contributed by atoms with E-state index in [2.05, 4.69) is 0 Å². The molecule has 0 aromatic carbocycles. The predicted octanol–water partition coefficient (Wildman–Crippen LogP) is 0.854. The molecule has 2 fully saturated rings. The zero-order valence-corrected chi connectivity index (χ0v) is 14.6. The Kier molecular flexibility index (Phi) is 9.79. The van der Waals surface area contributed by atoms with Crippen LogP contribution in [0.4, 0.5) is 0 Å². The van der Waals surface area contributed by atoms with Gasteiger partial charge < -0.3 is 28.4 Å². The van der Waals surface area contributed by atoms with Crippen molar-refractivity contribution in [2.24, 2.45) is 0 Å². The van der Waals surface area contributed by atoms with Gasteiger partial charge in [0.15, 0.2) is 0 Å². The minimum Gasteiger partial charge on any atom is -0.466 e. The average molecular weight is 360 g/mol. The van der Waals surface area contributed by atoms with E-state index in [1.165, 1.54) is 0 Å². The molecule has 0 aliphatic carbocycles. The van der Waals surface area contributed by atoms with Crippen LogP contribution < -0.4 is 0 Å². The maximum atomic E-state index is 11.5. The summed E-state index contributed by atoms with van der Waals surface area (Å²) in [6, 6.07) is 0. The molecule has 2 heterocycles. The van der Waals surface area contributed by atoms with E-state index in [0.29, 0.717) is 58.9 Å². The highest BCUT2D eigenvalue weighted by atomic mass is 16.6. The van der Waals surface area contributed by atoms with Crippen molar-refractivity contribution >= 4 is 11.9 Å². The van der Waals surface area contributed by atoms with Crippen LogP contribution >= 0.6 is 0 Å². The third kappa shape index (κ3) is 11.9. The fraction of sp³-hybridized carbons (Fsp3) is 0.882. The SMILES string of the molecule is O=C(CCCC(=O)OCCCOCC1CO1)OCCCOCC1CO1. The van der Waals surface area contributed by atoms with Gasteiger partial charge in [-0.2, -0.15) is 0 Å². The standard InChI is InChI=1S/C17H28O8/c18-16(22-8-2-6-20-10-14-12-24-14)4-1-5-17(19)23-9-3-7-21-11-15-13-25-15/h14-15H,1-13H2. The van der Waals surface area contributed by atoms with Crippen molar-refractivity contribution in [3.05, 3.63) is 0 Å². The molecule has 0 radical (unpaired) electrons. The molecule has 0 amide bonds. The summed E-state index contributed by atoms with van der Waals surface area (Å²) in [5.41, 5.74) is 0. The van der Waals surface area contributed by atoms with Gasteiger partial charge in [0.1, 0.15) is 12.2 Å². The lowest BCUT2D eigenvalue weighted by atomic mass is 10.2. The highest BCUT2D eigenvalue weighted by Gasteiger charge is 2.22. The maximum absolute atomic E-state index is 11.5. The predicted molar refractivity (Wildman–Crippen MR) is 86.1 cm³/mol. The van der Waals surface area contributed by atoms with E-state index in [4.69, 9.17) is 28.4 Å². The van der Waals surface area contributed by atoms with Crippen molar-refractivity contribution < 1.29 is 38.0 Å². The molecule has 0 N–H and O–H groups in total. The zero-order chi connectivity index (χ0) is 17.7. The van der Waals surface area contributed by atoms with Gasteiger partial charge in [0, 0.05) is 38.9 Å². The fourth-order valence-corrected chi connectivity index (χ4v) is 1.97. The number of epoxide rings is 2. The van der Waals surface area contributed by atoms with Crippen molar-refractivity contribution in [1.29, 1.82) is 0 Å². The molecule has 2 unspecified atom stereocenters. The number of rotatable bonds is 16. The number of carbonyl (C=O) groups excluding carboxylic acids is 2. The molecule has 0 bridgehead atoms. The smallest absolute Gasteiger partial charge is 0.305 e. The van der Waals surface area contributed by atoms with Crippen molar-refractivity contribution in [2.45, 2.75) is 44.3 Å². The third-order valence-corrected chi connectivity index (χ3v) is 3.57. The number of ether oxygens (including phenoxy) is 6. The molecule has 8 nitrogen and oxygen atoms in total. The summed E-state index contributed by atoms with van der Waals surface area (Å²) in [5, 5.41) is 0. The van der Waals surface area contributed by atoms with Gasteiger partial charge in [-0.1, -0.05) is 0 Å². The topological polar surface area (TPSA) is 96.1 Å². The Bertz CT molecular complexity index is 356. The summed E-state index contributed by atoms with van der Waals surface area (Å²) < 4.78 is 30.8. The number of esters is 2. The van der Waals surface area contributed by atoms with Gasteiger partial charge in [0.2, 0.25) is 0 Å². The van der Waals surface area contributed by atoms with Crippen LogP contribution in [0.25, 0.3) is 0 Å². The van der Waals surface area contributed by atoms with Gasteiger partial charge in [-0.05, 0) is 6.42 Å². The van der Waals surface area contributed by atoms with E-state index in [0.717, 1.165) is 13.2 Å². The van der Waals surface area contributed by atoms with Crippen LogP contribution in [0.15, 0.2) is 0 Å². The number of hydrogen-bond donors (Lipinski definition) is 0. The van der Waals surface area contributed by atoms with E-state index in [1.807, 2.05) is 0 Å². The molecule has 8 heteroatoms. The quantitative estimate of drug-likeness (QED) is 0.227. The Morgan fingerprint density at radius 3 is 1.56 bits per heavy atom. The minimum atomic E-state index is -0.297. The molecular weight excluding hydrogens is 332 g/mol. The Hall–Kier alpha value is -1.22. The van der Waals surface area contributed by atoms with E-state index >= 15 is 0 Å². The lowest BCUT2D eigenvalue weighted by Crippen LogP contribution is -2.11. The van der Waals surface area contributed by atoms with Crippen LogP contribution in [-0.2, 0) is 38.0 Å². The molecule has 2 saturated heterocycles. The molecular formula is C17H28O8. The number of carbonyl (C=O) groups is 2. The lowest BCUT2D eigenvalue weighted by Gasteiger charge is -2.06. The van der Waals surface area contributed by atoms with E-state index in [9.17, 15) is 9.59 Å². The largest absolute Gasteiger partial charge is 0.466 e. The maximum Gasteiger partial charge on any atom is 0.305 e. The summed E-state index contributed by atoms with van der Waals surface area (Å²) in [4.78, 5) is 23.0. The molecule has 2 aliphatic rings. The molecule has 2 atom stereocenters. The highest BCUT2D eigenvalue weighted by Crippen LogP contribution is 2.09. The second-order valence-corrected chi connectivity index (χ2v) is 6.06. The van der Waals surface area contributed by atoms with Gasteiger partial charge in [-0.3, -0.25) is 9.59 Å². The normalized spacial score (nSPS) is 21.0. The Balaban J connectivity index is 1.29. The molecule has 0 aromatic rings. The van der Waals surface area contributed by atoms with Crippen molar-refractivity contribution in [3.8, 4) is 0 Å². The molecule has 0 spiro atoms. The average Bonchev–Trinajstić information content (AvgIpc) is 3.48. The highest BCUT2D eigenvalue weighted by molar-refractivity contribution is 5.72. The van der Waals surface area contributed by atoms with Gasteiger partial charge in [-0.15, -0.1) is 0 Å². The first-order valence-corrected chi connectivity index (χ1v) is 8.94. The second-order valence-electron chi connectivity index (χ2n) is 6.06. The Labute approximate surface area is 148 Å². The van der Waals surface area contributed by atoms with Gasteiger partial charge >= 0.3 is 11.9 Å². The first-order valence-electron chi connectivity index (χ1n) is 8.94. The summed E-state index contributed by atoms with van der Waals surface area (Å²) >= 11 is 0. The van der Waals surface area contributed by atoms with E-state index in [-0.39, 0.29) is 37.0 Å². The first-order chi connectivity index (χ1) is 12.2. The van der Waals surface area contributed by atoms with Gasteiger partial charge in [-0.25, -0.2) is 0 Å². The van der Waals surface area contributed by atoms with Crippen molar-refractivity contribution in [3.63, 3.8) is 0 Å². The third-order valence-electron chi connectivity index (χ3n) is 3.57. The van der Waals surface area contributed by atoms with Crippen molar-refractivity contribution in [2.75, 3.05) is 52.9 Å². The minimum absolute atomic E-state index is 0.219. The molecule has 2 rings (SSSR count). The molecule has 0 saturated carbocycles. The molecule has 0 aromatic heterocycles. The summed E-state index contributed by atoms with van der Waals surface area (Å²) in [5.74, 6) is -0.594. The molecule has 2 aliphatic heterocycles. The van der Waals surface area contributed by atoms with Crippen LogP contribution in [0.1, 0.15) is 32.1 Å². The van der Waals surface area contributed by atoms with Crippen LogP contribution in [-0.4, -0.2) is 77.0 Å². The van der Waals surface area contributed by atoms with Crippen LogP contribution in [0.5, 0.6) is 0 Å². The van der Waals surface area contributed by atoms with Crippen LogP contribution in [0.3, 0.4) is 0 Å². The Morgan fingerprint density at radius 1 is 0.720 bits per heavy atom. The molecule has 144 valence electrons. The zero-order valence-electron chi connectivity index (χ0n) is 14.6. The van der Waals surface area contributed by atoms with Crippen LogP contribution in [0.2, 0.25) is 0 Å². The van der Waals surface area contributed by atoms with Crippen molar-refractivity contribution in [1.82, 2.24) is 0 Å². The monoisotopic (exact) mass is 360 g/mol. The van der Waals surface area contributed by atoms with Gasteiger partial charge in [0.25, 0.3) is 0 Å². The Morgan fingerprint density at radius 2 is 1.16 bits per heavy atom.